The van der Waals surface area contributed by atoms with Gasteiger partial charge in [0.1, 0.15) is 0 Å². The fourth-order valence-electron chi connectivity index (χ4n) is 2.66. The van der Waals surface area contributed by atoms with Gasteiger partial charge in [-0.2, -0.15) is 0 Å². The fourth-order valence-corrected chi connectivity index (χ4v) is 4.31. The van der Waals surface area contributed by atoms with Crippen molar-refractivity contribution >= 4 is 10.0 Å². The second kappa shape index (κ2) is 6.03. The summed E-state index contributed by atoms with van der Waals surface area (Å²) in [5.74, 6) is 0.453. The standard InChI is InChI=1S/C14H22N2O2S/c1-12-10-16(9-8-14(12)15-2)19(17,18)11-13-6-4-3-5-7-13/h3-7,12,14-15H,8-11H2,1-2H3. The van der Waals surface area contributed by atoms with Crippen LogP contribution >= 0.6 is 0 Å². The van der Waals surface area contributed by atoms with Crippen LogP contribution in [0.2, 0.25) is 0 Å². The van der Waals surface area contributed by atoms with Gasteiger partial charge in [-0.05, 0) is 24.9 Å². The van der Waals surface area contributed by atoms with E-state index >= 15 is 0 Å². The van der Waals surface area contributed by atoms with Crippen LogP contribution in [0.3, 0.4) is 0 Å². The Kier molecular flexibility index (Phi) is 4.60. The van der Waals surface area contributed by atoms with Crippen LogP contribution in [0.15, 0.2) is 30.3 Å². The Hall–Kier alpha value is -0.910. The zero-order chi connectivity index (χ0) is 13.9. The Morgan fingerprint density at radius 1 is 1.32 bits per heavy atom. The monoisotopic (exact) mass is 282 g/mol. The van der Waals surface area contributed by atoms with Crippen LogP contribution in [0.1, 0.15) is 18.9 Å². The predicted octanol–water partition coefficient (Wildman–Crippen LogP) is 1.45. The fraction of sp³-hybridized carbons (Fsp3) is 0.571. The Morgan fingerprint density at radius 2 is 2.00 bits per heavy atom. The van der Waals surface area contributed by atoms with Crippen LogP contribution < -0.4 is 5.32 Å². The lowest BCUT2D eigenvalue weighted by Gasteiger charge is -2.36. The molecule has 0 aliphatic carbocycles. The van der Waals surface area contributed by atoms with Crippen molar-refractivity contribution in [3.8, 4) is 0 Å². The average Bonchev–Trinajstić information content (AvgIpc) is 2.39. The molecular formula is C14H22N2O2S. The molecule has 4 nitrogen and oxygen atoms in total. The second-order valence-corrected chi connectivity index (χ2v) is 7.23. The largest absolute Gasteiger partial charge is 0.317 e. The first-order chi connectivity index (χ1) is 9.03. The van der Waals surface area contributed by atoms with Crippen molar-refractivity contribution in [1.82, 2.24) is 9.62 Å². The minimum absolute atomic E-state index is 0.102. The number of nitrogens with one attached hydrogen (secondary N) is 1. The van der Waals surface area contributed by atoms with Crippen LogP contribution in [-0.2, 0) is 15.8 Å². The summed E-state index contributed by atoms with van der Waals surface area (Å²) in [6, 6.07) is 9.80. The van der Waals surface area contributed by atoms with Gasteiger partial charge < -0.3 is 5.32 Å². The molecule has 0 aromatic heterocycles. The highest BCUT2D eigenvalue weighted by Crippen LogP contribution is 2.21. The summed E-state index contributed by atoms with van der Waals surface area (Å²) in [7, 11) is -1.26. The van der Waals surface area contributed by atoms with E-state index < -0.39 is 10.0 Å². The second-order valence-electron chi connectivity index (χ2n) is 5.26. The van der Waals surface area contributed by atoms with Crippen molar-refractivity contribution in [3.63, 3.8) is 0 Å². The van der Waals surface area contributed by atoms with Gasteiger partial charge in [-0.15, -0.1) is 0 Å². The Balaban J connectivity index is 2.05. The summed E-state index contributed by atoms with van der Waals surface area (Å²) < 4.78 is 26.4. The average molecular weight is 282 g/mol. The molecule has 1 saturated heterocycles. The Bertz CT molecular complexity index is 501. The first-order valence-electron chi connectivity index (χ1n) is 6.72. The van der Waals surface area contributed by atoms with Crippen LogP contribution in [0, 0.1) is 5.92 Å². The van der Waals surface area contributed by atoms with Gasteiger partial charge in [-0.25, -0.2) is 12.7 Å². The zero-order valence-electron chi connectivity index (χ0n) is 11.5. The smallest absolute Gasteiger partial charge is 0.218 e. The first kappa shape index (κ1) is 14.5. The van der Waals surface area contributed by atoms with Crippen molar-refractivity contribution in [1.29, 1.82) is 0 Å². The highest BCUT2D eigenvalue weighted by molar-refractivity contribution is 7.88. The van der Waals surface area contributed by atoms with Crippen LogP contribution in [0.5, 0.6) is 0 Å². The maximum Gasteiger partial charge on any atom is 0.218 e. The van der Waals surface area contributed by atoms with Gasteiger partial charge >= 0.3 is 0 Å². The van der Waals surface area contributed by atoms with Crippen LogP contribution in [-0.4, -0.2) is 38.9 Å². The van der Waals surface area contributed by atoms with Crippen molar-refractivity contribution < 1.29 is 8.42 Å². The number of rotatable bonds is 4. The first-order valence-corrected chi connectivity index (χ1v) is 8.33. The highest BCUT2D eigenvalue weighted by atomic mass is 32.2. The summed E-state index contributed by atoms with van der Waals surface area (Å²) >= 11 is 0. The van der Waals surface area contributed by atoms with Gasteiger partial charge in [0.05, 0.1) is 5.75 Å². The third-order valence-electron chi connectivity index (χ3n) is 3.82. The van der Waals surface area contributed by atoms with Crippen molar-refractivity contribution in [2.24, 2.45) is 5.92 Å². The maximum absolute atomic E-state index is 12.4. The van der Waals surface area contributed by atoms with Crippen LogP contribution in [0.25, 0.3) is 0 Å². The van der Waals surface area contributed by atoms with E-state index in [-0.39, 0.29) is 5.75 Å². The number of piperidine rings is 1. The maximum atomic E-state index is 12.4. The number of nitrogens with zero attached hydrogens (tertiary/aromatic N) is 1. The van der Waals surface area contributed by atoms with Gasteiger partial charge in [0.2, 0.25) is 10.0 Å². The quantitative estimate of drug-likeness (QED) is 0.909. The Morgan fingerprint density at radius 3 is 2.58 bits per heavy atom. The van der Waals surface area contributed by atoms with E-state index in [0.717, 1.165) is 12.0 Å². The van der Waals surface area contributed by atoms with Crippen molar-refractivity contribution in [2.75, 3.05) is 20.1 Å². The molecule has 2 unspecified atom stereocenters. The summed E-state index contributed by atoms with van der Waals surface area (Å²) in [6.07, 6.45) is 0.881. The molecule has 106 valence electrons. The van der Waals surface area contributed by atoms with E-state index in [1.54, 1.807) is 4.31 Å². The third kappa shape index (κ3) is 3.55. The van der Waals surface area contributed by atoms with Crippen molar-refractivity contribution in [2.45, 2.75) is 25.1 Å². The number of hydrogen-bond donors (Lipinski definition) is 1. The number of benzene rings is 1. The molecule has 1 aromatic rings. The summed E-state index contributed by atoms with van der Waals surface area (Å²) in [5.41, 5.74) is 0.853. The van der Waals surface area contributed by atoms with Crippen LogP contribution in [0.4, 0.5) is 0 Å². The van der Waals surface area contributed by atoms with E-state index in [0.29, 0.717) is 25.0 Å². The predicted molar refractivity (Wildman–Crippen MR) is 77.3 cm³/mol. The lowest BCUT2D eigenvalue weighted by atomic mass is 9.96. The van der Waals surface area contributed by atoms with E-state index in [9.17, 15) is 8.42 Å². The van der Waals surface area contributed by atoms with E-state index in [2.05, 4.69) is 12.2 Å². The van der Waals surface area contributed by atoms with Gasteiger partial charge in [0.15, 0.2) is 0 Å². The third-order valence-corrected chi connectivity index (χ3v) is 5.64. The highest BCUT2D eigenvalue weighted by Gasteiger charge is 2.31. The topological polar surface area (TPSA) is 49.4 Å². The SMILES string of the molecule is CNC1CCN(S(=O)(=O)Cc2ccccc2)CC1C. The molecular weight excluding hydrogens is 260 g/mol. The molecule has 0 saturated carbocycles. The zero-order valence-corrected chi connectivity index (χ0v) is 12.4. The molecule has 1 aliphatic heterocycles. The molecule has 1 aromatic carbocycles. The lowest BCUT2D eigenvalue weighted by Crippen LogP contribution is -2.49. The Labute approximate surface area is 115 Å². The normalized spacial score (nSPS) is 25.4. The summed E-state index contributed by atoms with van der Waals surface area (Å²) in [4.78, 5) is 0. The molecule has 1 N–H and O–H groups in total. The molecule has 0 spiro atoms. The molecule has 0 amide bonds. The summed E-state index contributed by atoms with van der Waals surface area (Å²) in [5, 5.41) is 3.25. The molecule has 1 fully saturated rings. The van der Waals surface area contributed by atoms with Crippen molar-refractivity contribution in [3.05, 3.63) is 35.9 Å². The minimum Gasteiger partial charge on any atom is -0.317 e. The molecule has 2 atom stereocenters. The van der Waals surface area contributed by atoms with E-state index in [1.807, 2.05) is 37.4 Å². The molecule has 19 heavy (non-hydrogen) atoms. The van der Waals surface area contributed by atoms with E-state index in [4.69, 9.17) is 0 Å². The number of hydrogen-bond acceptors (Lipinski definition) is 3. The molecule has 1 heterocycles. The lowest BCUT2D eigenvalue weighted by molar-refractivity contribution is 0.228. The van der Waals surface area contributed by atoms with Gasteiger partial charge in [-0.1, -0.05) is 37.3 Å². The molecule has 5 heteroatoms. The molecule has 0 bridgehead atoms. The van der Waals surface area contributed by atoms with E-state index in [1.165, 1.54) is 0 Å². The van der Waals surface area contributed by atoms with Gasteiger partial charge in [0.25, 0.3) is 0 Å². The number of sulfonamides is 1. The van der Waals surface area contributed by atoms with Gasteiger partial charge in [-0.3, -0.25) is 0 Å². The minimum atomic E-state index is -3.20. The molecule has 2 rings (SSSR count). The summed E-state index contributed by atoms with van der Waals surface area (Å²) in [6.45, 7) is 3.33. The molecule has 0 radical (unpaired) electrons. The van der Waals surface area contributed by atoms with Gasteiger partial charge in [0, 0.05) is 19.1 Å². The molecule has 1 aliphatic rings.